The fourth-order valence-corrected chi connectivity index (χ4v) is 3.50. The van der Waals surface area contributed by atoms with Gasteiger partial charge in [0, 0.05) is 38.8 Å². The molecule has 1 saturated heterocycles. The van der Waals surface area contributed by atoms with Gasteiger partial charge < -0.3 is 20.1 Å². The van der Waals surface area contributed by atoms with Crippen LogP contribution in [0.15, 0.2) is 53.5 Å². The molecule has 30 heavy (non-hydrogen) atoms. The summed E-state index contributed by atoms with van der Waals surface area (Å²) in [4.78, 5) is 6.64. The Balaban J connectivity index is 0.00000320. The maximum atomic E-state index is 13.8. The molecule has 1 aliphatic rings. The fraction of sp³-hybridized carbons (Fsp3) is 0.409. The molecule has 1 heterocycles. The van der Waals surface area contributed by atoms with Gasteiger partial charge in [-0.1, -0.05) is 30.3 Å². The van der Waals surface area contributed by atoms with Crippen LogP contribution in [0.25, 0.3) is 0 Å². The lowest BCUT2D eigenvalue weighted by molar-refractivity contribution is 0.0169. The number of ether oxygens (including phenoxy) is 2. The molecule has 3 rings (SSSR count). The molecule has 0 aliphatic carbocycles. The molecule has 0 aromatic heterocycles. The third kappa shape index (κ3) is 6.82. The number of rotatable bonds is 7. The lowest BCUT2D eigenvalue weighted by atomic mass is 10.0. The van der Waals surface area contributed by atoms with E-state index in [0.717, 1.165) is 30.0 Å². The van der Waals surface area contributed by atoms with E-state index in [0.29, 0.717) is 32.3 Å². The highest BCUT2D eigenvalue weighted by molar-refractivity contribution is 14.0. The van der Waals surface area contributed by atoms with Gasteiger partial charge in [-0.3, -0.25) is 9.89 Å². The number of benzene rings is 2. The zero-order valence-electron chi connectivity index (χ0n) is 17.4. The second kappa shape index (κ2) is 12.7. The summed E-state index contributed by atoms with van der Waals surface area (Å²) in [7, 11) is 3.40. The van der Waals surface area contributed by atoms with Crippen molar-refractivity contribution in [3.05, 3.63) is 65.5 Å². The van der Waals surface area contributed by atoms with Gasteiger partial charge in [0.15, 0.2) is 5.96 Å². The number of morpholine rings is 1. The van der Waals surface area contributed by atoms with Crippen molar-refractivity contribution in [2.75, 3.05) is 47.0 Å². The number of methoxy groups -OCH3 is 1. The molecule has 1 aliphatic heterocycles. The zero-order valence-corrected chi connectivity index (χ0v) is 19.8. The Morgan fingerprint density at radius 1 is 1.17 bits per heavy atom. The molecule has 2 aromatic rings. The first-order valence-corrected chi connectivity index (χ1v) is 9.85. The molecule has 1 unspecified atom stereocenters. The maximum Gasteiger partial charge on any atom is 0.191 e. The molecule has 0 radical (unpaired) electrons. The van der Waals surface area contributed by atoms with Crippen LogP contribution in [0.3, 0.4) is 0 Å². The van der Waals surface area contributed by atoms with Crippen LogP contribution in [0.4, 0.5) is 4.39 Å². The highest BCUT2D eigenvalue weighted by Gasteiger charge is 2.23. The Hall–Kier alpha value is -1.91. The van der Waals surface area contributed by atoms with E-state index in [2.05, 4.69) is 20.5 Å². The lowest BCUT2D eigenvalue weighted by Gasteiger charge is -2.35. The maximum absolute atomic E-state index is 13.8. The van der Waals surface area contributed by atoms with E-state index in [1.165, 1.54) is 6.07 Å². The largest absolute Gasteiger partial charge is 0.496 e. The van der Waals surface area contributed by atoms with Crippen molar-refractivity contribution < 1.29 is 13.9 Å². The standard InChI is InChI=1S/C22H29FN4O2.HI/c1-24-22(25-15-18-6-3-4-9-21(18)28-2)26-16-20(27-10-12-29-13-11-27)17-7-5-8-19(23)14-17;/h3-9,14,20H,10-13,15-16H2,1-2H3,(H2,24,25,26);1H. The minimum atomic E-state index is -0.223. The van der Waals surface area contributed by atoms with E-state index in [1.807, 2.05) is 30.3 Å². The molecular weight excluding hydrogens is 498 g/mol. The van der Waals surface area contributed by atoms with Crippen molar-refractivity contribution in [1.82, 2.24) is 15.5 Å². The van der Waals surface area contributed by atoms with Gasteiger partial charge >= 0.3 is 0 Å². The van der Waals surface area contributed by atoms with E-state index in [4.69, 9.17) is 9.47 Å². The van der Waals surface area contributed by atoms with Crippen molar-refractivity contribution in [2.45, 2.75) is 12.6 Å². The van der Waals surface area contributed by atoms with Crippen molar-refractivity contribution in [1.29, 1.82) is 0 Å². The molecule has 2 N–H and O–H groups in total. The summed E-state index contributed by atoms with van der Waals surface area (Å²) in [6, 6.07) is 14.7. The summed E-state index contributed by atoms with van der Waals surface area (Å²) in [6.45, 7) is 4.20. The van der Waals surface area contributed by atoms with E-state index >= 15 is 0 Å². The highest BCUT2D eigenvalue weighted by atomic mass is 127. The van der Waals surface area contributed by atoms with Crippen LogP contribution in [0, 0.1) is 5.82 Å². The predicted octanol–water partition coefficient (Wildman–Crippen LogP) is 3.19. The summed E-state index contributed by atoms with van der Waals surface area (Å²) >= 11 is 0. The number of guanidine groups is 1. The summed E-state index contributed by atoms with van der Waals surface area (Å²) in [5.74, 6) is 1.30. The number of nitrogens with one attached hydrogen (secondary N) is 2. The minimum Gasteiger partial charge on any atom is -0.496 e. The Morgan fingerprint density at radius 3 is 2.63 bits per heavy atom. The molecule has 1 fully saturated rings. The Morgan fingerprint density at radius 2 is 1.93 bits per heavy atom. The predicted molar refractivity (Wildman–Crippen MR) is 128 cm³/mol. The molecule has 6 nitrogen and oxygen atoms in total. The molecule has 0 bridgehead atoms. The van der Waals surface area contributed by atoms with Gasteiger partial charge in [-0.05, 0) is 23.8 Å². The molecular formula is C22H30FIN4O2. The highest BCUT2D eigenvalue weighted by Crippen LogP contribution is 2.22. The summed E-state index contributed by atoms with van der Waals surface area (Å²) < 4.78 is 24.7. The zero-order chi connectivity index (χ0) is 20.5. The number of para-hydroxylation sites is 1. The van der Waals surface area contributed by atoms with E-state index in [-0.39, 0.29) is 35.8 Å². The lowest BCUT2D eigenvalue weighted by Crippen LogP contribution is -2.46. The Kier molecular flexibility index (Phi) is 10.3. The molecule has 0 saturated carbocycles. The van der Waals surface area contributed by atoms with Gasteiger partial charge in [0.1, 0.15) is 11.6 Å². The van der Waals surface area contributed by atoms with E-state index in [1.54, 1.807) is 26.3 Å². The number of aliphatic imine (C=N–C) groups is 1. The van der Waals surface area contributed by atoms with Gasteiger partial charge in [0.25, 0.3) is 0 Å². The van der Waals surface area contributed by atoms with Gasteiger partial charge in [-0.2, -0.15) is 0 Å². The number of halogens is 2. The molecule has 1 atom stereocenters. The molecule has 0 amide bonds. The summed E-state index contributed by atoms with van der Waals surface area (Å²) in [5.41, 5.74) is 1.99. The first kappa shape index (κ1) is 24.4. The Labute approximate surface area is 194 Å². The second-order valence-electron chi connectivity index (χ2n) is 6.84. The topological polar surface area (TPSA) is 58.1 Å². The van der Waals surface area contributed by atoms with Crippen molar-refractivity contribution in [2.24, 2.45) is 4.99 Å². The van der Waals surface area contributed by atoms with Gasteiger partial charge in [-0.25, -0.2) is 4.39 Å². The van der Waals surface area contributed by atoms with E-state index in [9.17, 15) is 4.39 Å². The first-order chi connectivity index (χ1) is 14.2. The van der Waals surface area contributed by atoms with Crippen LogP contribution in [0.5, 0.6) is 5.75 Å². The fourth-order valence-electron chi connectivity index (χ4n) is 3.50. The van der Waals surface area contributed by atoms with Gasteiger partial charge in [0.05, 0.1) is 26.4 Å². The Bertz CT molecular complexity index is 815. The second-order valence-corrected chi connectivity index (χ2v) is 6.84. The first-order valence-electron chi connectivity index (χ1n) is 9.85. The monoisotopic (exact) mass is 528 g/mol. The van der Waals surface area contributed by atoms with E-state index < -0.39 is 0 Å². The van der Waals surface area contributed by atoms with Crippen LogP contribution < -0.4 is 15.4 Å². The number of nitrogens with zero attached hydrogens (tertiary/aromatic N) is 2. The van der Waals surface area contributed by atoms with Crippen molar-refractivity contribution >= 4 is 29.9 Å². The van der Waals surface area contributed by atoms with Crippen LogP contribution in [0.1, 0.15) is 17.2 Å². The van der Waals surface area contributed by atoms with Crippen molar-refractivity contribution in [3.63, 3.8) is 0 Å². The molecule has 0 spiro atoms. The molecule has 2 aromatic carbocycles. The smallest absolute Gasteiger partial charge is 0.191 e. The van der Waals surface area contributed by atoms with Crippen LogP contribution in [-0.2, 0) is 11.3 Å². The third-order valence-electron chi connectivity index (χ3n) is 5.05. The molecule has 164 valence electrons. The number of hydrogen-bond acceptors (Lipinski definition) is 4. The van der Waals surface area contributed by atoms with Crippen LogP contribution >= 0.6 is 24.0 Å². The minimum absolute atomic E-state index is 0. The van der Waals surface area contributed by atoms with Crippen molar-refractivity contribution in [3.8, 4) is 5.75 Å². The van der Waals surface area contributed by atoms with Crippen LogP contribution in [0.2, 0.25) is 0 Å². The SMILES string of the molecule is CN=C(NCc1ccccc1OC)NCC(c1cccc(F)c1)N1CCOCC1.I. The quantitative estimate of drug-likeness (QED) is 0.329. The van der Waals surface area contributed by atoms with Gasteiger partial charge in [-0.15, -0.1) is 24.0 Å². The normalized spacial score (nSPS) is 15.8. The summed E-state index contributed by atoms with van der Waals surface area (Å²) in [6.07, 6.45) is 0. The van der Waals surface area contributed by atoms with Gasteiger partial charge in [0.2, 0.25) is 0 Å². The molecule has 8 heteroatoms. The summed E-state index contributed by atoms with van der Waals surface area (Å²) in [5, 5.41) is 6.71. The average Bonchev–Trinajstić information content (AvgIpc) is 2.77. The average molecular weight is 528 g/mol. The third-order valence-corrected chi connectivity index (χ3v) is 5.05. The van der Waals surface area contributed by atoms with Crippen LogP contribution in [-0.4, -0.2) is 57.9 Å². The number of hydrogen-bond donors (Lipinski definition) is 2.